The molecule has 0 saturated carbocycles. The van der Waals surface area contributed by atoms with Gasteiger partial charge in [0, 0.05) is 18.2 Å². The molecule has 0 aliphatic carbocycles. The van der Waals surface area contributed by atoms with Crippen LogP contribution >= 0.6 is 12.4 Å². The molecule has 1 saturated heterocycles. The fourth-order valence-corrected chi connectivity index (χ4v) is 2.20. The molecule has 1 heterocycles. The van der Waals surface area contributed by atoms with E-state index in [1.165, 1.54) is 6.07 Å². The lowest BCUT2D eigenvalue weighted by Gasteiger charge is -2.28. The highest BCUT2D eigenvalue weighted by atomic mass is 35.5. The number of benzene rings is 1. The summed E-state index contributed by atoms with van der Waals surface area (Å²) in [6.45, 7) is 2.87. The van der Waals surface area contributed by atoms with Gasteiger partial charge in [0.1, 0.15) is 11.6 Å². The number of amides is 1. The highest BCUT2D eigenvalue weighted by Gasteiger charge is 2.21. The molecular weight excluding hydrogens is 274 g/mol. The fourth-order valence-electron chi connectivity index (χ4n) is 2.20. The predicted octanol–water partition coefficient (Wildman–Crippen LogP) is 2.26. The van der Waals surface area contributed by atoms with Crippen LogP contribution in [0.25, 0.3) is 0 Å². The zero-order valence-electron chi connectivity index (χ0n) is 10.6. The van der Waals surface area contributed by atoms with Gasteiger partial charge in [-0.3, -0.25) is 4.79 Å². The van der Waals surface area contributed by atoms with Gasteiger partial charge >= 0.3 is 0 Å². The van der Waals surface area contributed by atoms with Crippen LogP contribution in [0.5, 0.6) is 0 Å². The van der Waals surface area contributed by atoms with E-state index in [2.05, 4.69) is 10.6 Å². The quantitative estimate of drug-likeness (QED) is 0.877. The third-order valence-electron chi connectivity index (χ3n) is 3.13. The highest BCUT2D eigenvalue weighted by molar-refractivity contribution is 5.94. The second kappa shape index (κ2) is 6.82. The smallest absolute Gasteiger partial charge is 0.254 e. The van der Waals surface area contributed by atoms with Crippen molar-refractivity contribution in [2.75, 3.05) is 6.54 Å². The van der Waals surface area contributed by atoms with E-state index in [1.54, 1.807) is 0 Å². The molecule has 1 aromatic rings. The molecule has 6 heteroatoms. The molecule has 106 valence electrons. The zero-order valence-corrected chi connectivity index (χ0v) is 11.4. The van der Waals surface area contributed by atoms with E-state index >= 15 is 0 Å². The van der Waals surface area contributed by atoms with Crippen LogP contribution < -0.4 is 10.6 Å². The molecule has 0 aromatic heterocycles. The van der Waals surface area contributed by atoms with Crippen molar-refractivity contribution >= 4 is 18.3 Å². The van der Waals surface area contributed by atoms with E-state index < -0.39 is 17.5 Å². The molecule has 2 unspecified atom stereocenters. The number of hydrogen-bond acceptors (Lipinski definition) is 2. The number of hydrogen-bond donors (Lipinski definition) is 2. The molecule has 19 heavy (non-hydrogen) atoms. The molecule has 1 fully saturated rings. The molecule has 2 atom stereocenters. The van der Waals surface area contributed by atoms with Gasteiger partial charge in [0.2, 0.25) is 0 Å². The lowest BCUT2D eigenvalue weighted by molar-refractivity contribution is 0.0921. The van der Waals surface area contributed by atoms with Crippen LogP contribution in [0.1, 0.15) is 30.1 Å². The SMILES string of the molecule is CC1CC(NC(=O)c2ccc(F)cc2F)CCN1.Cl. The first-order valence-electron chi connectivity index (χ1n) is 6.05. The third-order valence-corrected chi connectivity index (χ3v) is 3.13. The van der Waals surface area contributed by atoms with Crippen molar-refractivity contribution < 1.29 is 13.6 Å². The molecule has 0 spiro atoms. The first kappa shape index (κ1) is 15.9. The van der Waals surface area contributed by atoms with Crippen LogP contribution in [0.15, 0.2) is 18.2 Å². The molecule has 1 aromatic carbocycles. The maximum atomic E-state index is 13.4. The van der Waals surface area contributed by atoms with Gasteiger partial charge in [0.15, 0.2) is 0 Å². The lowest BCUT2D eigenvalue weighted by Crippen LogP contribution is -2.46. The molecule has 2 rings (SSSR count). The van der Waals surface area contributed by atoms with Gasteiger partial charge in [-0.25, -0.2) is 8.78 Å². The molecule has 1 amide bonds. The number of nitrogens with one attached hydrogen (secondary N) is 2. The lowest BCUT2D eigenvalue weighted by atomic mass is 10.00. The monoisotopic (exact) mass is 290 g/mol. The number of halogens is 3. The van der Waals surface area contributed by atoms with Crippen molar-refractivity contribution in [3.8, 4) is 0 Å². The van der Waals surface area contributed by atoms with Gasteiger partial charge in [-0.05, 0) is 38.4 Å². The molecular formula is C13H17ClF2N2O. The van der Waals surface area contributed by atoms with Crippen LogP contribution in [0.3, 0.4) is 0 Å². The Balaban J connectivity index is 0.00000180. The standard InChI is InChI=1S/C13H16F2N2O.ClH/c1-8-6-10(4-5-16-8)17-13(18)11-3-2-9(14)7-12(11)15;/h2-3,7-8,10,16H,4-6H2,1H3,(H,17,18);1H. The molecule has 1 aliphatic heterocycles. The molecule has 3 nitrogen and oxygen atoms in total. The summed E-state index contributed by atoms with van der Waals surface area (Å²) >= 11 is 0. The van der Waals surface area contributed by atoms with E-state index in [0.29, 0.717) is 6.04 Å². The first-order chi connectivity index (χ1) is 8.56. The van der Waals surface area contributed by atoms with Crippen LogP contribution in [0.4, 0.5) is 8.78 Å². The number of carbonyl (C=O) groups is 1. The summed E-state index contributed by atoms with van der Waals surface area (Å²) in [5, 5.41) is 6.05. The maximum absolute atomic E-state index is 13.4. The predicted molar refractivity (Wildman–Crippen MR) is 71.6 cm³/mol. The second-order valence-electron chi connectivity index (χ2n) is 4.67. The van der Waals surface area contributed by atoms with Crippen LogP contribution in [0, 0.1) is 11.6 Å². The minimum atomic E-state index is -0.825. The van der Waals surface area contributed by atoms with Crippen LogP contribution in [0.2, 0.25) is 0 Å². The van der Waals surface area contributed by atoms with Gasteiger partial charge in [0.05, 0.1) is 5.56 Å². The molecule has 2 N–H and O–H groups in total. The summed E-state index contributed by atoms with van der Waals surface area (Å²) in [4.78, 5) is 11.9. The van der Waals surface area contributed by atoms with Gasteiger partial charge in [-0.15, -0.1) is 12.4 Å². The van der Waals surface area contributed by atoms with E-state index in [0.717, 1.165) is 31.5 Å². The summed E-state index contributed by atoms with van der Waals surface area (Å²) in [6, 6.07) is 3.35. The molecule has 0 radical (unpaired) electrons. The Bertz CT molecular complexity index is 456. The largest absolute Gasteiger partial charge is 0.349 e. The Morgan fingerprint density at radius 3 is 2.79 bits per heavy atom. The van der Waals surface area contributed by atoms with Crippen molar-refractivity contribution in [3.05, 3.63) is 35.4 Å². The Hall–Kier alpha value is -1.20. The number of piperidine rings is 1. The highest BCUT2D eigenvalue weighted by Crippen LogP contribution is 2.12. The van der Waals surface area contributed by atoms with Gasteiger partial charge in [-0.2, -0.15) is 0 Å². The minimum Gasteiger partial charge on any atom is -0.349 e. The van der Waals surface area contributed by atoms with Crippen LogP contribution in [-0.4, -0.2) is 24.5 Å². The van der Waals surface area contributed by atoms with Gasteiger partial charge in [0.25, 0.3) is 5.91 Å². The van der Waals surface area contributed by atoms with Crippen molar-refractivity contribution in [1.82, 2.24) is 10.6 Å². The average molecular weight is 291 g/mol. The van der Waals surface area contributed by atoms with E-state index in [-0.39, 0.29) is 24.0 Å². The Kier molecular flexibility index (Phi) is 5.69. The number of carbonyl (C=O) groups excluding carboxylic acids is 1. The maximum Gasteiger partial charge on any atom is 0.254 e. The first-order valence-corrected chi connectivity index (χ1v) is 6.05. The normalized spacial score (nSPS) is 22.5. The average Bonchev–Trinajstić information content (AvgIpc) is 2.28. The van der Waals surface area contributed by atoms with Crippen molar-refractivity contribution in [1.29, 1.82) is 0 Å². The van der Waals surface area contributed by atoms with Crippen molar-refractivity contribution in [2.24, 2.45) is 0 Å². The summed E-state index contributed by atoms with van der Waals surface area (Å²) in [6.07, 6.45) is 1.63. The fraction of sp³-hybridized carbons (Fsp3) is 0.462. The van der Waals surface area contributed by atoms with E-state index in [1.807, 2.05) is 6.92 Å². The Morgan fingerprint density at radius 2 is 2.16 bits per heavy atom. The topological polar surface area (TPSA) is 41.1 Å². The summed E-state index contributed by atoms with van der Waals surface area (Å²) in [5.74, 6) is -1.99. The molecule has 1 aliphatic rings. The molecule has 0 bridgehead atoms. The summed E-state index contributed by atoms with van der Waals surface area (Å²) < 4.78 is 26.2. The summed E-state index contributed by atoms with van der Waals surface area (Å²) in [5.41, 5.74) is -0.109. The zero-order chi connectivity index (χ0) is 13.1. The summed E-state index contributed by atoms with van der Waals surface area (Å²) in [7, 11) is 0. The second-order valence-corrected chi connectivity index (χ2v) is 4.67. The van der Waals surface area contributed by atoms with E-state index in [9.17, 15) is 13.6 Å². The van der Waals surface area contributed by atoms with Crippen molar-refractivity contribution in [2.45, 2.75) is 31.8 Å². The van der Waals surface area contributed by atoms with Gasteiger partial charge in [-0.1, -0.05) is 0 Å². The van der Waals surface area contributed by atoms with Crippen LogP contribution in [-0.2, 0) is 0 Å². The van der Waals surface area contributed by atoms with E-state index in [4.69, 9.17) is 0 Å². The van der Waals surface area contributed by atoms with Crippen molar-refractivity contribution in [3.63, 3.8) is 0 Å². The number of rotatable bonds is 2. The Labute approximate surface area is 117 Å². The van der Waals surface area contributed by atoms with Gasteiger partial charge < -0.3 is 10.6 Å². The Morgan fingerprint density at radius 1 is 1.42 bits per heavy atom. The third kappa shape index (κ3) is 4.14. The minimum absolute atomic E-state index is 0.